The molecule has 0 radical (unpaired) electrons. The molecule has 26 heavy (non-hydrogen) atoms. The number of aliphatic hydroxyl groups is 1. The van der Waals surface area contributed by atoms with Crippen molar-refractivity contribution in [1.29, 1.82) is 0 Å². The van der Waals surface area contributed by atoms with Crippen LogP contribution < -0.4 is 4.74 Å². The van der Waals surface area contributed by atoms with Gasteiger partial charge in [-0.3, -0.25) is 4.79 Å². The molecule has 0 bridgehead atoms. The molecule has 1 N–H and O–H groups in total. The number of carbonyl (C=O) groups is 1. The van der Waals surface area contributed by atoms with Gasteiger partial charge < -0.3 is 14.6 Å². The van der Waals surface area contributed by atoms with Crippen LogP contribution in [0.1, 0.15) is 44.6 Å². The van der Waals surface area contributed by atoms with Crippen molar-refractivity contribution in [1.82, 2.24) is 0 Å². The largest absolute Gasteiger partial charge is 0.475 e. The van der Waals surface area contributed by atoms with Crippen molar-refractivity contribution >= 4 is 6.29 Å². The molecule has 0 aliphatic heterocycles. The number of aryl methyl sites for hydroxylation is 1. The van der Waals surface area contributed by atoms with E-state index in [1.807, 2.05) is 37.3 Å². The summed E-state index contributed by atoms with van der Waals surface area (Å²) >= 11 is 0. The Hall–Kier alpha value is -1.91. The van der Waals surface area contributed by atoms with Crippen LogP contribution in [0.5, 0.6) is 5.75 Å². The molecule has 2 unspecified atom stereocenters. The van der Waals surface area contributed by atoms with E-state index in [4.69, 9.17) is 9.47 Å². The average Bonchev–Trinajstić information content (AvgIpc) is 2.66. The maximum absolute atomic E-state index is 11.7. The van der Waals surface area contributed by atoms with E-state index in [2.05, 4.69) is 6.92 Å². The topological polar surface area (TPSA) is 55.8 Å². The van der Waals surface area contributed by atoms with E-state index in [1.54, 1.807) is 12.2 Å². The minimum Gasteiger partial charge on any atom is -0.475 e. The van der Waals surface area contributed by atoms with Gasteiger partial charge in [-0.2, -0.15) is 0 Å². The average molecular weight is 356 g/mol. The number of aliphatic hydroxyl groups excluding tert-OH is 1. The van der Waals surface area contributed by atoms with Crippen molar-refractivity contribution in [2.45, 2.75) is 63.9 Å². The van der Waals surface area contributed by atoms with Gasteiger partial charge in [0.15, 0.2) is 18.2 Å². The number of aldehydes is 1. The fraction of sp³-hybridized carbons (Fsp3) is 0.500. The summed E-state index contributed by atoms with van der Waals surface area (Å²) in [5.41, 5.74) is 0.795. The summed E-state index contributed by atoms with van der Waals surface area (Å²) in [6, 6.07) is 7.61. The molecule has 140 valence electrons. The van der Waals surface area contributed by atoms with Gasteiger partial charge >= 0.3 is 0 Å². The molecule has 1 aromatic rings. The van der Waals surface area contributed by atoms with Crippen LogP contribution in [0.2, 0.25) is 0 Å². The summed E-state index contributed by atoms with van der Waals surface area (Å²) in [7, 11) is 0. The van der Waals surface area contributed by atoms with Gasteiger partial charge in [-0.15, -0.1) is 0 Å². The lowest BCUT2D eigenvalue weighted by Gasteiger charge is -2.31. The summed E-state index contributed by atoms with van der Waals surface area (Å²) in [6.07, 6.45) is 9.89. The van der Waals surface area contributed by atoms with E-state index < -0.39 is 11.9 Å². The second-order valence-corrected chi connectivity index (χ2v) is 7.60. The second kappa shape index (κ2) is 8.19. The van der Waals surface area contributed by atoms with Crippen molar-refractivity contribution in [3.63, 3.8) is 0 Å². The van der Waals surface area contributed by atoms with Crippen molar-refractivity contribution in [2.24, 2.45) is 5.92 Å². The van der Waals surface area contributed by atoms with Gasteiger partial charge in [0.2, 0.25) is 0 Å². The van der Waals surface area contributed by atoms with Crippen LogP contribution in [0.15, 0.2) is 48.1 Å². The highest BCUT2D eigenvalue weighted by atomic mass is 16.6. The molecule has 0 spiro atoms. The lowest BCUT2D eigenvalue weighted by Crippen LogP contribution is -2.37. The Kier molecular flexibility index (Phi) is 5.94. The Morgan fingerprint density at radius 1 is 1.19 bits per heavy atom. The van der Waals surface area contributed by atoms with Gasteiger partial charge in [0.1, 0.15) is 5.75 Å². The van der Waals surface area contributed by atoms with Gasteiger partial charge in [0, 0.05) is 12.0 Å². The fourth-order valence-corrected chi connectivity index (χ4v) is 3.47. The zero-order valence-electron chi connectivity index (χ0n) is 15.6. The van der Waals surface area contributed by atoms with Crippen LogP contribution in [0.3, 0.4) is 0 Å². The number of carbonyl (C=O) groups excluding carboxylic acids is 1. The Labute approximate surface area is 155 Å². The van der Waals surface area contributed by atoms with Crippen LogP contribution in [0, 0.1) is 12.8 Å². The Morgan fingerprint density at radius 3 is 2.46 bits per heavy atom. The SMILES string of the molecule is Cc1ccc(OC2(C=O)C=CC(C(O)OC3CCC(C)CC3)=CC2)cc1. The molecule has 4 nitrogen and oxygen atoms in total. The van der Waals surface area contributed by atoms with Gasteiger partial charge in [0.25, 0.3) is 0 Å². The van der Waals surface area contributed by atoms with E-state index in [0.29, 0.717) is 17.7 Å². The summed E-state index contributed by atoms with van der Waals surface area (Å²) < 4.78 is 11.7. The molecule has 0 aromatic heterocycles. The van der Waals surface area contributed by atoms with Gasteiger partial charge in [0.05, 0.1) is 6.10 Å². The predicted molar refractivity (Wildman–Crippen MR) is 101 cm³/mol. The third-order valence-corrected chi connectivity index (χ3v) is 5.31. The zero-order chi connectivity index (χ0) is 18.6. The first-order chi connectivity index (χ1) is 12.5. The van der Waals surface area contributed by atoms with Gasteiger partial charge in [-0.25, -0.2) is 0 Å². The first kappa shape index (κ1) is 18.9. The van der Waals surface area contributed by atoms with Gasteiger partial charge in [-0.05, 0) is 56.7 Å². The Balaban J connectivity index is 1.59. The number of benzene rings is 1. The van der Waals surface area contributed by atoms with Crippen LogP contribution >= 0.6 is 0 Å². The van der Waals surface area contributed by atoms with Crippen LogP contribution in [-0.4, -0.2) is 29.4 Å². The van der Waals surface area contributed by atoms with Crippen molar-refractivity contribution < 1.29 is 19.4 Å². The molecule has 1 aromatic carbocycles. The normalized spacial score (nSPS) is 29.7. The highest BCUT2D eigenvalue weighted by Gasteiger charge is 2.32. The van der Waals surface area contributed by atoms with Gasteiger partial charge in [-0.1, -0.05) is 36.8 Å². The van der Waals surface area contributed by atoms with E-state index in [9.17, 15) is 9.90 Å². The molecule has 4 heteroatoms. The number of rotatable bonds is 6. The molecule has 2 aliphatic rings. The third kappa shape index (κ3) is 4.63. The second-order valence-electron chi connectivity index (χ2n) is 7.60. The highest BCUT2D eigenvalue weighted by Crippen LogP contribution is 2.30. The Morgan fingerprint density at radius 2 is 1.88 bits per heavy atom. The maximum atomic E-state index is 11.7. The summed E-state index contributed by atoms with van der Waals surface area (Å²) in [5.74, 6) is 1.39. The molecule has 0 heterocycles. The number of ether oxygens (including phenoxy) is 2. The quantitative estimate of drug-likeness (QED) is 0.615. The van der Waals surface area contributed by atoms with Crippen molar-refractivity contribution in [3.8, 4) is 5.75 Å². The molecular weight excluding hydrogens is 328 g/mol. The fourth-order valence-electron chi connectivity index (χ4n) is 3.47. The maximum Gasteiger partial charge on any atom is 0.186 e. The summed E-state index contributed by atoms with van der Waals surface area (Å²) in [6.45, 7) is 4.26. The predicted octanol–water partition coefficient (Wildman–Crippen LogP) is 4.11. The van der Waals surface area contributed by atoms with Crippen molar-refractivity contribution in [3.05, 3.63) is 53.6 Å². The highest BCUT2D eigenvalue weighted by molar-refractivity contribution is 5.69. The van der Waals surface area contributed by atoms with Crippen LogP contribution in [-0.2, 0) is 9.53 Å². The Bertz CT molecular complexity index is 668. The molecule has 3 rings (SSSR count). The first-order valence-corrected chi connectivity index (χ1v) is 9.44. The first-order valence-electron chi connectivity index (χ1n) is 9.44. The molecular formula is C22H28O4. The van der Waals surface area contributed by atoms with Crippen LogP contribution in [0.25, 0.3) is 0 Å². The van der Waals surface area contributed by atoms with E-state index in [-0.39, 0.29) is 6.10 Å². The number of hydrogen-bond donors (Lipinski definition) is 1. The zero-order valence-corrected chi connectivity index (χ0v) is 15.6. The lowest BCUT2D eigenvalue weighted by molar-refractivity contribution is -0.123. The molecule has 1 saturated carbocycles. The lowest BCUT2D eigenvalue weighted by atomic mass is 9.88. The van der Waals surface area contributed by atoms with Crippen molar-refractivity contribution in [2.75, 3.05) is 0 Å². The smallest absolute Gasteiger partial charge is 0.186 e. The molecule has 2 aliphatic carbocycles. The summed E-state index contributed by atoms with van der Waals surface area (Å²) in [4.78, 5) is 11.7. The standard InChI is InChI=1S/C22H28O4/c1-16-3-7-19(8-4-16)25-21(24)18-11-13-22(15-23,14-12-18)26-20-9-5-17(2)6-10-20/h5-6,9-13,15-16,19,21,24H,3-4,7-8,14H2,1-2H3. The van der Waals surface area contributed by atoms with Crippen LogP contribution in [0.4, 0.5) is 0 Å². The molecule has 1 fully saturated rings. The molecule has 0 amide bonds. The molecule has 2 atom stereocenters. The third-order valence-electron chi connectivity index (χ3n) is 5.31. The minimum atomic E-state index is -1.03. The number of hydrogen-bond acceptors (Lipinski definition) is 4. The minimum absolute atomic E-state index is 0.108. The van der Waals surface area contributed by atoms with E-state index in [1.165, 1.54) is 0 Å². The monoisotopic (exact) mass is 356 g/mol. The molecule has 0 saturated heterocycles. The van der Waals surface area contributed by atoms with E-state index >= 15 is 0 Å². The van der Waals surface area contributed by atoms with E-state index in [0.717, 1.165) is 43.5 Å². The summed E-state index contributed by atoms with van der Waals surface area (Å²) in [5, 5.41) is 10.4.